The molecule has 0 spiro atoms. The van der Waals surface area contributed by atoms with Crippen LogP contribution < -0.4 is 11.1 Å². The van der Waals surface area contributed by atoms with Crippen LogP contribution in [0.4, 0.5) is 0 Å². The fourth-order valence-corrected chi connectivity index (χ4v) is 3.49. The average Bonchev–Trinajstić information content (AvgIpc) is 2.96. The summed E-state index contributed by atoms with van der Waals surface area (Å²) in [5, 5.41) is 4.91. The van der Waals surface area contributed by atoms with Gasteiger partial charge in [-0.05, 0) is 38.6 Å². The second-order valence-corrected chi connectivity index (χ2v) is 6.09. The van der Waals surface area contributed by atoms with Gasteiger partial charge in [-0.25, -0.2) is 4.98 Å². The first-order valence-corrected chi connectivity index (χ1v) is 7.47. The molecular weight excluding hydrogens is 230 g/mol. The highest BCUT2D eigenvalue weighted by molar-refractivity contribution is 7.11. The molecule has 4 heteroatoms. The minimum Gasteiger partial charge on any atom is -0.330 e. The van der Waals surface area contributed by atoms with Gasteiger partial charge in [-0.1, -0.05) is 13.3 Å². The third kappa shape index (κ3) is 3.06. The smallest absolute Gasteiger partial charge is 0.109 e. The average molecular weight is 253 g/mol. The molecule has 1 fully saturated rings. The van der Waals surface area contributed by atoms with Crippen molar-refractivity contribution in [3.63, 3.8) is 0 Å². The molecule has 0 aliphatic heterocycles. The lowest BCUT2D eigenvalue weighted by atomic mass is 10.0. The Morgan fingerprint density at radius 2 is 2.41 bits per heavy atom. The van der Waals surface area contributed by atoms with E-state index in [0.717, 1.165) is 13.0 Å². The van der Waals surface area contributed by atoms with Gasteiger partial charge in [0.15, 0.2) is 0 Å². The molecule has 1 aromatic rings. The van der Waals surface area contributed by atoms with E-state index in [1.165, 1.54) is 29.1 Å². The number of hydrogen-bond donors (Lipinski definition) is 2. The summed E-state index contributed by atoms with van der Waals surface area (Å²) in [6.07, 6.45) is 6.94. The number of aryl methyl sites for hydroxylation is 1. The molecule has 17 heavy (non-hydrogen) atoms. The number of thiazole rings is 1. The summed E-state index contributed by atoms with van der Waals surface area (Å²) in [6.45, 7) is 5.20. The number of hydrogen-bond acceptors (Lipinski definition) is 4. The molecule has 0 radical (unpaired) electrons. The quantitative estimate of drug-likeness (QED) is 0.847. The van der Waals surface area contributed by atoms with Crippen LogP contribution in [-0.4, -0.2) is 17.6 Å². The van der Waals surface area contributed by atoms with Crippen molar-refractivity contribution in [1.29, 1.82) is 0 Å². The van der Waals surface area contributed by atoms with Crippen LogP contribution in [0.1, 0.15) is 49.0 Å². The highest BCUT2D eigenvalue weighted by Gasteiger charge is 2.27. The minimum absolute atomic E-state index is 0.359. The Labute approximate surface area is 108 Å². The Bertz CT molecular complexity index is 350. The number of aromatic nitrogens is 1. The summed E-state index contributed by atoms with van der Waals surface area (Å²) < 4.78 is 0. The zero-order chi connectivity index (χ0) is 12.3. The topological polar surface area (TPSA) is 50.9 Å². The van der Waals surface area contributed by atoms with E-state index < -0.39 is 0 Å². The predicted octanol–water partition coefficient (Wildman–Crippen LogP) is 2.48. The van der Waals surface area contributed by atoms with E-state index in [-0.39, 0.29) is 0 Å². The molecule has 3 nitrogen and oxygen atoms in total. The lowest BCUT2D eigenvalue weighted by molar-refractivity contribution is 0.373. The monoisotopic (exact) mass is 253 g/mol. The molecule has 1 aliphatic carbocycles. The molecule has 0 bridgehead atoms. The SMILES string of the molecule is CCc1cnc(C(C)NC2CCCC2CN)s1. The van der Waals surface area contributed by atoms with E-state index in [2.05, 4.69) is 24.1 Å². The Morgan fingerprint density at radius 3 is 3.06 bits per heavy atom. The van der Waals surface area contributed by atoms with Crippen LogP contribution in [0.5, 0.6) is 0 Å². The fraction of sp³-hybridized carbons (Fsp3) is 0.769. The van der Waals surface area contributed by atoms with Gasteiger partial charge in [-0.3, -0.25) is 0 Å². The second kappa shape index (κ2) is 5.94. The van der Waals surface area contributed by atoms with E-state index in [0.29, 0.717) is 18.0 Å². The van der Waals surface area contributed by atoms with E-state index >= 15 is 0 Å². The molecular formula is C13H23N3S. The molecule has 1 aliphatic rings. The summed E-state index contributed by atoms with van der Waals surface area (Å²) in [5.74, 6) is 0.656. The normalized spacial score (nSPS) is 26.3. The van der Waals surface area contributed by atoms with Crippen LogP contribution in [0.3, 0.4) is 0 Å². The van der Waals surface area contributed by atoms with Crippen LogP contribution in [0, 0.1) is 5.92 Å². The van der Waals surface area contributed by atoms with Crippen molar-refractivity contribution in [2.45, 2.75) is 51.6 Å². The standard InChI is InChI=1S/C13H23N3S/c1-3-11-8-15-13(17-11)9(2)16-12-6-4-5-10(12)7-14/h8-10,12,16H,3-7,14H2,1-2H3. The Hall–Kier alpha value is -0.450. The van der Waals surface area contributed by atoms with Gasteiger partial charge in [0.05, 0.1) is 6.04 Å². The number of nitrogens with zero attached hydrogens (tertiary/aromatic N) is 1. The van der Waals surface area contributed by atoms with Gasteiger partial charge in [-0.2, -0.15) is 0 Å². The van der Waals surface area contributed by atoms with Gasteiger partial charge in [0.2, 0.25) is 0 Å². The minimum atomic E-state index is 0.359. The molecule has 1 heterocycles. The van der Waals surface area contributed by atoms with E-state index in [4.69, 9.17) is 5.73 Å². The Balaban J connectivity index is 1.94. The van der Waals surface area contributed by atoms with Crippen molar-refractivity contribution in [3.8, 4) is 0 Å². The van der Waals surface area contributed by atoms with E-state index in [1.807, 2.05) is 17.5 Å². The van der Waals surface area contributed by atoms with Crippen LogP contribution in [0.15, 0.2) is 6.20 Å². The Morgan fingerprint density at radius 1 is 1.59 bits per heavy atom. The van der Waals surface area contributed by atoms with E-state index in [9.17, 15) is 0 Å². The van der Waals surface area contributed by atoms with Gasteiger partial charge in [0.25, 0.3) is 0 Å². The number of rotatable bonds is 5. The first-order valence-electron chi connectivity index (χ1n) is 6.65. The van der Waals surface area contributed by atoms with Crippen molar-refractivity contribution in [2.75, 3.05) is 6.54 Å². The van der Waals surface area contributed by atoms with Crippen LogP contribution >= 0.6 is 11.3 Å². The third-order valence-corrected chi connectivity index (χ3v) is 5.04. The molecule has 0 aromatic carbocycles. The molecule has 3 N–H and O–H groups in total. The molecule has 96 valence electrons. The van der Waals surface area contributed by atoms with Gasteiger partial charge in [-0.15, -0.1) is 11.3 Å². The maximum Gasteiger partial charge on any atom is 0.109 e. The third-order valence-electron chi connectivity index (χ3n) is 3.72. The van der Waals surface area contributed by atoms with Crippen molar-refractivity contribution in [2.24, 2.45) is 11.7 Å². The summed E-state index contributed by atoms with van der Waals surface area (Å²) >= 11 is 1.83. The molecule has 0 amide bonds. The van der Waals surface area contributed by atoms with Crippen LogP contribution in [0.2, 0.25) is 0 Å². The first kappa shape index (κ1) is 13.0. The van der Waals surface area contributed by atoms with E-state index in [1.54, 1.807) is 0 Å². The van der Waals surface area contributed by atoms with Crippen molar-refractivity contribution in [1.82, 2.24) is 10.3 Å². The molecule has 1 aromatic heterocycles. The van der Waals surface area contributed by atoms with Gasteiger partial charge < -0.3 is 11.1 Å². The van der Waals surface area contributed by atoms with Gasteiger partial charge >= 0.3 is 0 Å². The van der Waals surface area contributed by atoms with Gasteiger partial charge in [0, 0.05) is 17.1 Å². The highest BCUT2D eigenvalue weighted by Crippen LogP contribution is 2.28. The summed E-state index contributed by atoms with van der Waals surface area (Å²) in [4.78, 5) is 5.88. The molecule has 2 rings (SSSR count). The summed E-state index contributed by atoms with van der Waals surface area (Å²) in [7, 11) is 0. The highest BCUT2D eigenvalue weighted by atomic mass is 32.1. The Kier molecular flexibility index (Phi) is 4.54. The lowest BCUT2D eigenvalue weighted by Gasteiger charge is -2.23. The lowest BCUT2D eigenvalue weighted by Crippen LogP contribution is -2.37. The van der Waals surface area contributed by atoms with Crippen LogP contribution in [-0.2, 0) is 6.42 Å². The molecule has 0 saturated heterocycles. The maximum absolute atomic E-state index is 5.81. The first-order chi connectivity index (χ1) is 8.24. The predicted molar refractivity (Wildman–Crippen MR) is 73.2 cm³/mol. The molecule has 3 unspecified atom stereocenters. The van der Waals surface area contributed by atoms with Crippen LogP contribution in [0.25, 0.3) is 0 Å². The maximum atomic E-state index is 5.81. The largest absolute Gasteiger partial charge is 0.330 e. The zero-order valence-electron chi connectivity index (χ0n) is 10.8. The number of nitrogens with one attached hydrogen (secondary N) is 1. The van der Waals surface area contributed by atoms with Gasteiger partial charge in [0.1, 0.15) is 5.01 Å². The summed E-state index contributed by atoms with van der Waals surface area (Å²) in [5.41, 5.74) is 5.81. The summed E-state index contributed by atoms with van der Waals surface area (Å²) in [6, 6.07) is 0.946. The van der Waals surface area contributed by atoms with Crippen molar-refractivity contribution >= 4 is 11.3 Å². The second-order valence-electron chi connectivity index (χ2n) is 4.94. The number of nitrogens with two attached hydrogens (primary N) is 1. The fourth-order valence-electron chi connectivity index (χ4n) is 2.62. The van der Waals surface area contributed by atoms with Crippen molar-refractivity contribution < 1.29 is 0 Å². The molecule has 3 atom stereocenters. The zero-order valence-corrected chi connectivity index (χ0v) is 11.6. The van der Waals surface area contributed by atoms with Crippen molar-refractivity contribution in [3.05, 3.63) is 16.1 Å². The molecule has 1 saturated carbocycles.